The van der Waals surface area contributed by atoms with Crippen LogP contribution in [0.25, 0.3) is 5.57 Å². The Hall–Kier alpha value is -2.11. The summed E-state index contributed by atoms with van der Waals surface area (Å²) in [5.74, 6) is -0.107. The van der Waals surface area contributed by atoms with Gasteiger partial charge in [-0.05, 0) is 5.57 Å². The Balaban J connectivity index is 0.000000545. The lowest BCUT2D eigenvalue weighted by Gasteiger charge is -2.41. The Morgan fingerprint density at radius 2 is 2.32 bits per heavy atom. The van der Waals surface area contributed by atoms with Crippen molar-refractivity contribution in [2.75, 3.05) is 5.75 Å². The lowest BCUT2D eigenvalue weighted by atomic mass is 10.0. The molecule has 1 aromatic rings. The van der Waals surface area contributed by atoms with Crippen LogP contribution in [0.2, 0.25) is 0 Å². The Morgan fingerprint density at radius 3 is 2.91 bits per heavy atom. The first kappa shape index (κ1) is 16.3. The average molecular weight is 335 g/mol. The summed E-state index contributed by atoms with van der Waals surface area (Å²) in [4.78, 5) is 24.4. The number of aryl methyl sites for hydroxylation is 1. The van der Waals surface area contributed by atoms with Crippen LogP contribution in [0.5, 0.6) is 0 Å². The second-order valence-corrected chi connectivity index (χ2v) is 6.11. The Morgan fingerprint density at radius 1 is 1.64 bits per heavy atom. The van der Waals surface area contributed by atoms with Crippen molar-refractivity contribution < 1.29 is 19.3 Å². The number of nitriles is 1. The van der Waals surface area contributed by atoms with Gasteiger partial charge in [0, 0.05) is 18.0 Å². The molecule has 0 unspecified atom stereocenters. The summed E-state index contributed by atoms with van der Waals surface area (Å²) in [7, 11) is 1.85. The normalized spacial score (nSPS) is 18.9. The van der Waals surface area contributed by atoms with E-state index >= 15 is 0 Å². The number of hydrogen-bond donors (Lipinski definition) is 1. The first-order valence-corrected chi connectivity index (χ1v) is 7.81. The third-order valence-electron chi connectivity index (χ3n) is 3.35. The van der Waals surface area contributed by atoms with E-state index in [1.165, 1.54) is 5.40 Å². The monoisotopic (exact) mass is 335 g/mol. The molecule has 6 nitrogen and oxygen atoms in total. The fourth-order valence-corrected chi connectivity index (χ4v) is 3.48. The maximum absolute atomic E-state index is 11.5. The topological polar surface area (TPSA) is 85.3 Å². The van der Waals surface area contributed by atoms with E-state index in [9.17, 15) is 14.7 Å². The van der Waals surface area contributed by atoms with Crippen molar-refractivity contribution in [1.29, 1.82) is 5.26 Å². The molecule has 114 valence electrons. The molecule has 3 heterocycles. The fraction of sp³-hybridized carbons (Fsp3) is 0.286. The molecule has 1 fully saturated rings. The number of aromatic nitrogens is 1. The molecule has 2 aliphatic heterocycles. The van der Waals surface area contributed by atoms with Gasteiger partial charge in [-0.1, -0.05) is 5.40 Å². The molecule has 1 saturated heterocycles. The predicted octanol–water partition coefficient (Wildman–Crippen LogP) is 0.870. The molecule has 1 amide bonds. The fourth-order valence-electron chi connectivity index (χ4n) is 2.27. The van der Waals surface area contributed by atoms with Gasteiger partial charge >= 0.3 is 5.97 Å². The number of nitrogens with zero attached hydrogens (tertiary/aromatic N) is 3. The van der Waals surface area contributed by atoms with Crippen LogP contribution in [0.3, 0.4) is 0 Å². The van der Waals surface area contributed by atoms with Crippen LogP contribution < -0.4 is 4.57 Å². The predicted molar refractivity (Wildman–Crippen MR) is 83.2 cm³/mol. The molecule has 22 heavy (non-hydrogen) atoms. The molecule has 8 heteroatoms. The van der Waals surface area contributed by atoms with Crippen molar-refractivity contribution in [3.05, 3.63) is 35.8 Å². The highest BCUT2D eigenvalue weighted by Gasteiger charge is 2.38. The van der Waals surface area contributed by atoms with E-state index in [4.69, 9.17) is 5.26 Å². The zero-order valence-electron chi connectivity index (χ0n) is 11.7. The van der Waals surface area contributed by atoms with Gasteiger partial charge in [0.05, 0.1) is 22.9 Å². The summed E-state index contributed by atoms with van der Waals surface area (Å²) in [6.45, 7) is 0. The minimum Gasteiger partial charge on any atom is -0.696 e. The SMILES string of the molecule is C[n+]1ccc(C(=O)O)c(C2=CN3C(=O)C[C@H]3SC2)c1.N#C[S-]. The lowest BCUT2D eigenvalue weighted by molar-refractivity contribution is -0.671. The summed E-state index contributed by atoms with van der Waals surface area (Å²) in [5.41, 5.74) is 1.85. The zero-order chi connectivity index (χ0) is 16.3. The van der Waals surface area contributed by atoms with Gasteiger partial charge in [0.2, 0.25) is 5.91 Å². The summed E-state index contributed by atoms with van der Waals surface area (Å²) >= 11 is 5.38. The molecule has 1 N–H and O–H groups in total. The molecule has 0 spiro atoms. The average Bonchev–Trinajstić information content (AvgIpc) is 2.46. The first-order chi connectivity index (χ1) is 10.5. The van der Waals surface area contributed by atoms with Crippen LogP contribution in [0.15, 0.2) is 24.7 Å². The summed E-state index contributed by atoms with van der Waals surface area (Å²) in [5, 5.41) is 18.0. The number of thiocyanates is 1. The van der Waals surface area contributed by atoms with E-state index in [2.05, 4.69) is 12.6 Å². The molecule has 2 aliphatic rings. The van der Waals surface area contributed by atoms with E-state index in [0.29, 0.717) is 12.0 Å². The van der Waals surface area contributed by atoms with Gasteiger partial charge in [0.1, 0.15) is 7.05 Å². The number of carboxylic acids is 1. The maximum Gasteiger partial charge on any atom is 0.336 e. The van der Waals surface area contributed by atoms with Crippen molar-refractivity contribution in [3.8, 4) is 5.40 Å². The van der Waals surface area contributed by atoms with Crippen LogP contribution in [0.4, 0.5) is 0 Å². The zero-order valence-corrected chi connectivity index (χ0v) is 13.4. The molecular weight excluding hydrogens is 322 g/mol. The first-order valence-electron chi connectivity index (χ1n) is 6.35. The van der Waals surface area contributed by atoms with E-state index in [1.54, 1.807) is 41.3 Å². The highest BCUT2D eigenvalue weighted by molar-refractivity contribution is 8.00. The molecular formula is C14H13N3O3S2. The van der Waals surface area contributed by atoms with Crippen molar-refractivity contribution in [2.24, 2.45) is 7.05 Å². The molecule has 3 rings (SSSR count). The van der Waals surface area contributed by atoms with Crippen LogP contribution in [0, 0.1) is 10.7 Å². The van der Waals surface area contributed by atoms with E-state index in [0.717, 1.165) is 11.3 Å². The van der Waals surface area contributed by atoms with Crippen molar-refractivity contribution in [1.82, 2.24) is 4.90 Å². The summed E-state index contributed by atoms with van der Waals surface area (Å²) in [6, 6.07) is 1.59. The second kappa shape index (κ2) is 6.77. The van der Waals surface area contributed by atoms with Gasteiger partial charge in [-0.25, -0.2) is 14.6 Å². The number of rotatable bonds is 2. The number of carbonyl (C=O) groups excluding carboxylic acids is 1. The molecule has 0 aromatic carbocycles. The van der Waals surface area contributed by atoms with Gasteiger partial charge in [-0.2, -0.15) is 0 Å². The third kappa shape index (κ3) is 3.21. The molecule has 0 bridgehead atoms. The number of aromatic carboxylic acids is 1. The number of hydrogen-bond acceptors (Lipinski definition) is 5. The Kier molecular flexibility index (Phi) is 5.00. The minimum atomic E-state index is -0.946. The van der Waals surface area contributed by atoms with Crippen molar-refractivity contribution in [2.45, 2.75) is 11.8 Å². The Bertz CT molecular complexity index is 697. The number of fused-ring (bicyclic) bond motifs is 1. The second-order valence-electron chi connectivity index (χ2n) is 4.76. The minimum absolute atomic E-state index is 0.104. The number of carboxylic acid groups (broad SMARTS) is 1. The van der Waals surface area contributed by atoms with E-state index in [-0.39, 0.29) is 16.8 Å². The molecule has 0 radical (unpaired) electrons. The highest BCUT2D eigenvalue weighted by atomic mass is 32.2. The van der Waals surface area contributed by atoms with Crippen molar-refractivity contribution in [3.63, 3.8) is 0 Å². The highest BCUT2D eigenvalue weighted by Crippen LogP contribution is 2.38. The standard InChI is InChI=1S/C13H12N2O3S.CHNS/c1-14-3-2-9(13(17)18)10(6-14)8-5-15-11(16)4-12(15)19-7-8;2-1-3/h2-3,5-6,12H,4,7H2,1H3;3H/t12-;/m1./s1. The summed E-state index contributed by atoms with van der Waals surface area (Å²) in [6.07, 6.45) is 5.89. The number of β-lactam (4-membered cyclic amide) rings is 1. The number of thioether (sulfide) groups is 1. The number of pyridine rings is 1. The van der Waals surface area contributed by atoms with E-state index < -0.39 is 5.97 Å². The summed E-state index contributed by atoms with van der Waals surface area (Å²) < 4.78 is 1.82. The molecule has 0 saturated carbocycles. The van der Waals surface area contributed by atoms with Crippen LogP contribution in [-0.4, -0.2) is 33.0 Å². The smallest absolute Gasteiger partial charge is 0.336 e. The van der Waals surface area contributed by atoms with Gasteiger partial charge < -0.3 is 22.6 Å². The van der Waals surface area contributed by atoms with Gasteiger partial charge in [-0.3, -0.25) is 4.79 Å². The number of amides is 1. The lowest BCUT2D eigenvalue weighted by Crippen LogP contribution is -2.49. The maximum atomic E-state index is 11.5. The van der Waals surface area contributed by atoms with Gasteiger partial charge in [-0.15, -0.1) is 11.8 Å². The quantitative estimate of drug-likeness (QED) is 0.374. The van der Waals surface area contributed by atoms with Crippen molar-refractivity contribution >= 4 is 41.8 Å². The molecule has 1 aromatic heterocycles. The third-order valence-corrected chi connectivity index (χ3v) is 4.61. The number of carbonyl (C=O) groups is 2. The Labute approximate surface area is 137 Å². The van der Waals surface area contributed by atoms with Gasteiger partial charge in [0.25, 0.3) is 0 Å². The van der Waals surface area contributed by atoms with Crippen LogP contribution >= 0.6 is 11.8 Å². The van der Waals surface area contributed by atoms with Crippen LogP contribution in [0.1, 0.15) is 22.3 Å². The van der Waals surface area contributed by atoms with Gasteiger partial charge in [0.15, 0.2) is 12.4 Å². The van der Waals surface area contributed by atoms with E-state index in [1.807, 2.05) is 11.6 Å². The van der Waals surface area contributed by atoms with Crippen LogP contribution in [-0.2, 0) is 24.5 Å². The molecule has 0 aliphatic carbocycles. The largest absolute Gasteiger partial charge is 0.696 e. The molecule has 1 atom stereocenters.